The third kappa shape index (κ3) is 5.55. The van der Waals surface area contributed by atoms with Gasteiger partial charge >= 0.3 is 0 Å². The molecule has 2 fully saturated rings. The number of nitrogens with zero attached hydrogens (tertiary/aromatic N) is 2. The van der Waals surface area contributed by atoms with Crippen molar-refractivity contribution in [2.24, 2.45) is 0 Å². The number of piperidine rings is 2. The number of fused-ring (bicyclic) bond motifs is 1. The monoisotopic (exact) mass is 535 g/mol. The molecular weight excluding hydrogens is 502 g/mol. The number of imide groups is 1. The first-order valence-electron chi connectivity index (χ1n) is 13.3. The molecule has 0 bridgehead atoms. The summed E-state index contributed by atoms with van der Waals surface area (Å²) in [6.45, 7) is 1.30. The Morgan fingerprint density at radius 3 is 2.59 bits per heavy atom. The van der Waals surface area contributed by atoms with Crippen molar-refractivity contribution >= 4 is 23.6 Å². The number of methoxy groups -OCH3 is 2. The molecule has 0 aromatic heterocycles. The van der Waals surface area contributed by atoms with E-state index in [0.29, 0.717) is 42.4 Å². The first kappa shape index (κ1) is 26.5. The highest BCUT2D eigenvalue weighted by Crippen LogP contribution is 2.31. The van der Waals surface area contributed by atoms with Crippen LogP contribution in [0.4, 0.5) is 0 Å². The highest BCUT2D eigenvalue weighted by atomic mass is 16.5. The van der Waals surface area contributed by atoms with Crippen molar-refractivity contribution in [1.82, 2.24) is 15.1 Å². The molecule has 2 aromatic rings. The highest BCUT2D eigenvalue weighted by molar-refractivity contribution is 6.05. The van der Waals surface area contributed by atoms with Gasteiger partial charge in [0.25, 0.3) is 5.91 Å². The third-order valence-corrected chi connectivity index (χ3v) is 7.72. The lowest BCUT2D eigenvalue weighted by Gasteiger charge is -2.35. The molecule has 4 amide bonds. The van der Waals surface area contributed by atoms with Gasteiger partial charge in [-0.25, -0.2) is 0 Å². The summed E-state index contributed by atoms with van der Waals surface area (Å²) in [5, 5.41) is 2.32. The third-order valence-electron chi connectivity index (χ3n) is 7.72. The number of carbonyl (C=O) groups excluding carboxylic acids is 4. The quantitative estimate of drug-likeness (QED) is 0.517. The molecule has 1 unspecified atom stereocenters. The summed E-state index contributed by atoms with van der Waals surface area (Å²) in [4.78, 5) is 53.5. The number of nitrogens with one attached hydrogen (secondary N) is 1. The maximum absolute atomic E-state index is 13.3. The molecule has 0 saturated carbocycles. The van der Waals surface area contributed by atoms with Crippen LogP contribution in [0.2, 0.25) is 0 Å². The first-order chi connectivity index (χ1) is 18.9. The van der Waals surface area contributed by atoms with Gasteiger partial charge in [-0.3, -0.25) is 24.5 Å². The Morgan fingerprint density at radius 2 is 1.82 bits per heavy atom. The summed E-state index contributed by atoms with van der Waals surface area (Å²) in [5.74, 6) is 0.958. The maximum atomic E-state index is 13.3. The van der Waals surface area contributed by atoms with Gasteiger partial charge in [-0.1, -0.05) is 6.07 Å². The Kier molecular flexibility index (Phi) is 7.72. The van der Waals surface area contributed by atoms with Crippen molar-refractivity contribution in [1.29, 1.82) is 0 Å². The lowest BCUT2D eigenvalue weighted by Crippen LogP contribution is -2.52. The lowest BCUT2D eigenvalue weighted by atomic mass is 10.0. The molecule has 39 heavy (non-hydrogen) atoms. The van der Waals surface area contributed by atoms with Gasteiger partial charge < -0.3 is 24.0 Å². The van der Waals surface area contributed by atoms with Crippen molar-refractivity contribution in [3.05, 3.63) is 53.1 Å². The molecule has 2 atom stereocenters. The van der Waals surface area contributed by atoms with Gasteiger partial charge in [0.15, 0.2) is 0 Å². The van der Waals surface area contributed by atoms with E-state index in [4.69, 9.17) is 14.2 Å². The van der Waals surface area contributed by atoms with E-state index in [1.165, 1.54) is 4.90 Å². The Balaban J connectivity index is 1.23. The molecule has 5 rings (SSSR count). The second kappa shape index (κ2) is 11.3. The fraction of sp³-hybridized carbons (Fsp3) is 0.448. The summed E-state index contributed by atoms with van der Waals surface area (Å²) < 4.78 is 16.9. The fourth-order valence-electron chi connectivity index (χ4n) is 5.60. The molecule has 1 N–H and O–H groups in total. The average Bonchev–Trinajstić information content (AvgIpc) is 3.27. The van der Waals surface area contributed by atoms with Gasteiger partial charge in [0, 0.05) is 36.7 Å². The molecule has 3 heterocycles. The van der Waals surface area contributed by atoms with E-state index in [9.17, 15) is 19.2 Å². The minimum Gasteiger partial charge on any atom is -0.497 e. The van der Waals surface area contributed by atoms with E-state index >= 15 is 0 Å². The zero-order chi connectivity index (χ0) is 27.5. The summed E-state index contributed by atoms with van der Waals surface area (Å²) in [7, 11) is 3.17. The van der Waals surface area contributed by atoms with Crippen LogP contribution in [-0.2, 0) is 27.3 Å². The molecular formula is C29H33N3O7. The van der Waals surface area contributed by atoms with E-state index in [1.807, 2.05) is 23.1 Å². The van der Waals surface area contributed by atoms with E-state index in [2.05, 4.69) is 5.32 Å². The topological polar surface area (TPSA) is 114 Å². The number of hydrogen-bond donors (Lipinski definition) is 1. The largest absolute Gasteiger partial charge is 0.497 e. The van der Waals surface area contributed by atoms with Crippen LogP contribution < -0.4 is 19.5 Å². The van der Waals surface area contributed by atoms with E-state index in [-0.39, 0.29) is 43.1 Å². The Labute approximate surface area is 227 Å². The minimum absolute atomic E-state index is 0.0196. The van der Waals surface area contributed by atoms with Crippen molar-refractivity contribution in [2.75, 3.05) is 27.4 Å². The molecule has 3 aliphatic rings. The van der Waals surface area contributed by atoms with Crippen molar-refractivity contribution in [3.8, 4) is 17.2 Å². The number of ether oxygens (including phenoxy) is 3. The predicted octanol–water partition coefficient (Wildman–Crippen LogP) is 2.47. The maximum Gasteiger partial charge on any atom is 0.255 e. The molecule has 10 heteroatoms. The number of rotatable bonds is 8. The number of benzene rings is 2. The van der Waals surface area contributed by atoms with Crippen LogP contribution in [0.3, 0.4) is 0 Å². The zero-order valence-electron chi connectivity index (χ0n) is 22.2. The van der Waals surface area contributed by atoms with Gasteiger partial charge in [0.2, 0.25) is 17.7 Å². The summed E-state index contributed by atoms with van der Waals surface area (Å²) in [5.41, 5.74) is 2.12. The zero-order valence-corrected chi connectivity index (χ0v) is 22.2. The number of likely N-dealkylation sites (tertiary alicyclic amines) is 1. The number of carbonyl (C=O) groups is 4. The SMILES string of the molecule is COc1ccc(CC(=O)N2CCCC[C@H]2COc2ccc3c(c2)CN(C2CCC(=O)NC2=O)C3=O)c(OC)c1. The van der Waals surface area contributed by atoms with Gasteiger partial charge in [-0.05, 0) is 55.5 Å². The van der Waals surface area contributed by atoms with Crippen LogP contribution in [0, 0.1) is 0 Å². The van der Waals surface area contributed by atoms with Crippen molar-refractivity contribution in [2.45, 2.75) is 57.2 Å². The lowest BCUT2D eigenvalue weighted by molar-refractivity contribution is -0.137. The molecule has 206 valence electrons. The molecule has 3 aliphatic heterocycles. The van der Waals surface area contributed by atoms with Crippen LogP contribution in [-0.4, -0.2) is 72.9 Å². The van der Waals surface area contributed by atoms with Crippen LogP contribution in [0.1, 0.15) is 53.6 Å². The van der Waals surface area contributed by atoms with Crippen molar-refractivity contribution in [3.63, 3.8) is 0 Å². The van der Waals surface area contributed by atoms with Crippen LogP contribution in [0.15, 0.2) is 36.4 Å². The summed E-state index contributed by atoms with van der Waals surface area (Å²) in [6, 6.07) is 10.0. The Morgan fingerprint density at radius 1 is 1.00 bits per heavy atom. The van der Waals surface area contributed by atoms with E-state index < -0.39 is 11.9 Å². The number of hydrogen-bond acceptors (Lipinski definition) is 7. The Hall–Kier alpha value is -4.08. The normalized spacial score (nSPS) is 20.9. The van der Waals surface area contributed by atoms with Gasteiger partial charge in [0.1, 0.15) is 29.9 Å². The molecule has 0 aliphatic carbocycles. The minimum atomic E-state index is -0.655. The van der Waals surface area contributed by atoms with Gasteiger partial charge in [0.05, 0.1) is 26.7 Å². The summed E-state index contributed by atoms with van der Waals surface area (Å²) in [6.07, 6.45) is 3.57. The van der Waals surface area contributed by atoms with Crippen molar-refractivity contribution < 1.29 is 33.4 Å². The first-order valence-corrected chi connectivity index (χ1v) is 13.3. The van der Waals surface area contributed by atoms with E-state index in [0.717, 1.165) is 30.4 Å². The van der Waals surface area contributed by atoms with Crippen LogP contribution in [0.25, 0.3) is 0 Å². The fourth-order valence-corrected chi connectivity index (χ4v) is 5.60. The second-order valence-electron chi connectivity index (χ2n) is 10.1. The smallest absolute Gasteiger partial charge is 0.255 e. The molecule has 2 saturated heterocycles. The number of amides is 4. The molecule has 2 aromatic carbocycles. The highest BCUT2D eigenvalue weighted by Gasteiger charge is 2.39. The summed E-state index contributed by atoms with van der Waals surface area (Å²) >= 11 is 0. The molecule has 0 radical (unpaired) electrons. The second-order valence-corrected chi connectivity index (χ2v) is 10.1. The molecule has 0 spiro atoms. The predicted molar refractivity (Wildman–Crippen MR) is 141 cm³/mol. The van der Waals surface area contributed by atoms with Gasteiger partial charge in [-0.2, -0.15) is 0 Å². The van der Waals surface area contributed by atoms with E-state index in [1.54, 1.807) is 32.4 Å². The van der Waals surface area contributed by atoms with Crippen LogP contribution in [0.5, 0.6) is 17.2 Å². The standard InChI is InChI=1S/C29H33N3O7/c1-37-21-7-6-18(25(15-21)38-2)14-27(34)31-12-4-3-5-20(31)17-39-22-8-9-23-19(13-22)16-32(29(23)36)24-10-11-26(33)30-28(24)35/h6-9,13,15,20,24H,3-5,10-12,14,16-17H2,1-2H3,(H,30,33,35)/t20-,24?/m0/s1. The molecule has 10 nitrogen and oxygen atoms in total. The van der Waals surface area contributed by atoms with Crippen LogP contribution >= 0.6 is 0 Å². The Bertz CT molecular complexity index is 1290. The van der Waals surface area contributed by atoms with Gasteiger partial charge in [-0.15, -0.1) is 0 Å². The average molecular weight is 536 g/mol.